The van der Waals surface area contributed by atoms with E-state index in [2.05, 4.69) is 59.4 Å². The topological polar surface area (TPSA) is 20.2 Å². The van der Waals surface area contributed by atoms with Crippen LogP contribution >= 0.6 is 0 Å². The van der Waals surface area contributed by atoms with Crippen LogP contribution in [0.1, 0.15) is 92.4 Å². The second-order valence-corrected chi connectivity index (χ2v) is 11.9. The van der Waals surface area contributed by atoms with Gasteiger partial charge in [-0.15, -0.1) is 0 Å². The Balaban J connectivity index is 1.56. The van der Waals surface area contributed by atoms with E-state index in [1.54, 1.807) is 5.57 Å². The predicted molar refractivity (Wildman–Crippen MR) is 128 cm³/mol. The summed E-state index contributed by atoms with van der Waals surface area (Å²) in [4.78, 5) is 0. The summed E-state index contributed by atoms with van der Waals surface area (Å²) >= 11 is 0. The third kappa shape index (κ3) is 3.39. The molecule has 3 unspecified atom stereocenters. The number of aliphatic hydroxyl groups excluding tert-OH is 1. The lowest BCUT2D eigenvalue weighted by atomic mass is 9.47. The van der Waals surface area contributed by atoms with Crippen molar-refractivity contribution in [2.75, 3.05) is 0 Å². The number of aliphatic hydroxyl groups is 1. The Labute approximate surface area is 186 Å². The summed E-state index contributed by atoms with van der Waals surface area (Å²) in [6, 6.07) is 0. The molecule has 1 nitrogen and oxygen atoms in total. The van der Waals surface area contributed by atoms with Crippen molar-refractivity contribution < 1.29 is 5.11 Å². The fourth-order valence-corrected chi connectivity index (χ4v) is 8.56. The van der Waals surface area contributed by atoms with Crippen molar-refractivity contribution in [2.45, 2.75) is 98.5 Å². The van der Waals surface area contributed by atoms with Crippen molar-refractivity contribution in [1.82, 2.24) is 0 Å². The first-order valence-electron chi connectivity index (χ1n) is 12.9. The van der Waals surface area contributed by atoms with Crippen molar-refractivity contribution in [3.63, 3.8) is 0 Å². The Morgan fingerprint density at radius 1 is 1.17 bits per heavy atom. The molecule has 0 amide bonds. The van der Waals surface area contributed by atoms with Crippen LogP contribution in [0.25, 0.3) is 0 Å². The van der Waals surface area contributed by atoms with Crippen molar-refractivity contribution in [2.24, 2.45) is 46.3 Å². The highest BCUT2D eigenvalue weighted by Crippen LogP contribution is 2.66. The monoisotopic (exact) mass is 410 g/mol. The zero-order valence-electron chi connectivity index (χ0n) is 20.3. The van der Waals surface area contributed by atoms with Gasteiger partial charge in [-0.2, -0.15) is 0 Å². The van der Waals surface area contributed by atoms with Crippen molar-refractivity contribution in [1.29, 1.82) is 0 Å². The first-order valence-corrected chi connectivity index (χ1v) is 12.9. The molecule has 1 N–H and O–H groups in total. The smallest absolute Gasteiger partial charge is 0.0602 e. The van der Waals surface area contributed by atoms with E-state index in [9.17, 15) is 5.11 Å². The molecule has 9 atom stereocenters. The third-order valence-electron chi connectivity index (χ3n) is 10.6. The molecule has 0 radical (unpaired) electrons. The highest BCUT2D eigenvalue weighted by Gasteiger charge is 2.59. The maximum Gasteiger partial charge on any atom is 0.0602 e. The molecule has 0 aromatic rings. The minimum Gasteiger partial charge on any atom is -0.393 e. The van der Waals surface area contributed by atoms with Crippen molar-refractivity contribution >= 4 is 0 Å². The maximum absolute atomic E-state index is 11.1. The second kappa shape index (κ2) is 8.27. The molecule has 0 aromatic carbocycles. The highest BCUT2D eigenvalue weighted by atomic mass is 16.3. The summed E-state index contributed by atoms with van der Waals surface area (Å²) in [7, 11) is 0. The zero-order valence-corrected chi connectivity index (χ0v) is 20.3. The Kier molecular flexibility index (Phi) is 6.17. The van der Waals surface area contributed by atoms with Gasteiger partial charge >= 0.3 is 0 Å². The number of fused-ring (bicyclic) bond motifs is 5. The molecule has 0 heterocycles. The van der Waals surface area contributed by atoms with Gasteiger partial charge in [-0.3, -0.25) is 0 Å². The molecule has 168 valence electrons. The Hall–Kier alpha value is -0.820. The van der Waals surface area contributed by atoms with Gasteiger partial charge in [-0.05, 0) is 99.2 Å². The van der Waals surface area contributed by atoms with Crippen LogP contribution in [-0.2, 0) is 0 Å². The van der Waals surface area contributed by atoms with Gasteiger partial charge in [-0.25, -0.2) is 0 Å². The molecule has 0 bridgehead atoms. The van der Waals surface area contributed by atoms with E-state index < -0.39 is 0 Å². The molecule has 0 spiro atoms. The fraction of sp³-hybridized carbons (Fsp3) is 0.793. The standard InChI is InChI=1S/C29H46O/c1-7-21(19(2)3)12-11-20(4)24-15-16-25-23-14-13-22-9-8-10-27(30)29(22,6)26(23)17-18-28(24,25)5/h11-12,14,20-22,24-27,30H,2,7-10,13,15-18H2,1,3-6H3/t20-,21?,22?,24-,25+,26+,27?,28-,29+/m1/s1. The maximum atomic E-state index is 11.1. The summed E-state index contributed by atoms with van der Waals surface area (Å²) in [5.74, 6) is 4.02. The van der Waals surface area contributed by atoms with E-state index in [0.29, 0.717) is 29.1 Å². The van der Waals surface area contributed by atoms with Gasteiger partial charge in [-0.1, -0.05) is 70.1 Å². The van der Waals surface area contributed by atoms with E-state index in [1.165, 1.54) is 50.5 Å². The Bertz CT molecular complexity index is 716. The van der Waals surface area contributed by atoms with E-state index >= 15 is 0 Å². The minimum atomic E-state index is -0.0958. The molecule has 3 saturated carbocycles. The van der Waals surface area contributed by atoms with Crippen LogP contribution in [-0.4, -0.2) is 11.2 Å². The summed E-state index contributed by atoms with van der Waals surface area (Å²) < 4.78 is 0. The first kappa shape index (κ1) is 22.4. The number of rotatable bonds is 5. The molecular formula is C29H46O. The molecule has 0 aromatic heterocycles. The average molecular weight is 411 g/mol. The normalized spacial score (nSPS) is 45.3. The third-order valence-corrected chi connectivity index (χ3v) is 10.6. The van der Waals surface area contributed by atoms with Gasteiger partial charge in [0.1, 0.15) is 0 Å². The molecular weight excluding hydrogens is 364 g/mol. The first-order chi connectivity index (χ1) is 14.2. The van der Waals surface area contributed by atoms with Gasteiger partial charge in [0.05, 0.1) is 6.10 Å². The van der Waals surface area contributed by atoms with Crippen molar-refractivity contribution in [3.05, 3.63) is 36.0 Å². The number of hydrogen-bond donors (Lipinski definition) is 1. The van der Waals surface area contributed by atoms with Gasteiger partial charge in [0.15, 0.2) is 0 Å². The molecule has 30 heavy (non-hydrogen) atoms. The lowest BCUT2D eigenvalue weighted by Crippen LogP contribution is -2.54. The van der Waals surface area contributed by atoms with Gasteiger partial charge < -0.3 is 5.11 Å². The molecule has 3 fully saturated rings. The second-order valence-electron chi connectivity index (χ2n) is 11.9. The molecule has 4 rings (SSSR count). The van der Waals surface area contributed by atoms with E-state index in [0.717, 1.165) is 24.7 Å². The quantitative estimate of drug-likeness (QED) is 0.460. The SMILES string of the molecule is C=C(C)C(C=C[C@@H](C)[C@H]1CC[C@H]2C3=CCC4CCCC(O)[C@]4(C)[C@H]3CC[C@]12C)CC. The van der Waals surface area contributed by atoms with Crippen LogP contribution in [0.3, 0.4) is 0 Å². The van der Waals surface area contributed by atoms with Crippen LogP contribution < -0.4 is 0 Å². The van der Waals surface area contributed by atoms with Crippen molar-refractivity contribution in [3.8, 4) is 0 Å². The van der Waals surface area contributed by atoms with E-state index in [-0.39, 0.29) is 11.5 Å². The average Bonchev–Trinajstić information content (AvgIpc) is 3.06. The van der Waals surface area contributed by atoms with Gasteiger partial charge in [0.25, 0.3) is 0 Å². The molecule has 0 saturated heterocycles. The number of hydrogen-bond acceptors (Lipinski definition) is 1. The lowest BCUT2D eigenvalue weighted by Gasteiger charge is -2.58. The predicted octanol–water partition coefficient (Wildman–Crippen LogP) is 7.72. The van der Waals surface area contributed by atoms with Crippen LogP contribution in [0.5, 0.6) is 0 Å². The largest absolute Gasteiger partial charge is 0.393 e. The summed E-state index contributed by atoms with van der Waals surface area (Å²) in [5, 5.41) is 11.1. The summed E-state index contributed by atoms with van der Waals surface area (Å²) in [6.07, 6.45) is 18.8. The highest BCUT2D eigenvalue weighted by molar-refractivity contribution is 5.28. The number of allylic oxidation sites excluding steroid dienone is 5. The zero-order chi connectivity index (χ0) is 21.7. The lowest BCUT2D eigenvalue weighted by molar-refractivity contribution is -0.0954. The Morgan fingerprint density at radius 2 is 1.93 bits per heavy atom. The van der Waals surface area contributed by atoms with Crippen LogP contribution in [0.4, 0.5) is 0 Å². The van der Waals surface area contributed by atoms with Gasteiger partial charge in [0.2, 0.25) is 0 Å². The molecule has 1 heteroatoms. The van der Waals surface area contributed by atoms with Crippen LogP contribution in [0.15, 0.2) is 36.0 Å². The van der Waals surface area contributed by atoms with E-state index in [4.69, 9.17) is 0 Å². The summed E-state index contributed by atoms with van der Waals surface area (Å²) in [5.41, 5.74) is 3.61. The molecule has 0 aliphatic heterocycles. The molecule has 4 aliphatic rings. The van der Waals surface area contributed by atoms with E-state index in [1.807, 2.05) is 0 Å². The minimum absolute atomic E-state index is 0.0958. The Morgan fingerprint density at radius 3 is 2.63 bits per heavy atom. The fourth-order valence-electron chi connectivity index (χ4n) is 8.56. The van der Waals surface area contributed by atoms with Crippen LogP contribution in [0, 0.1) is 46.3 Å². The molecule has 4 aliphatic carbocycles. The summed E-state index contributed by atoms with van der Waals surface area (Å²) in [6.45, 7) is 16.1. The van der Waals surface area contributed by atoms with Gasteiger partial charge in [0, 0.05) is 5.41 Å². The van der Waals surface area contributed by atoms with Crippen LogP contribution in [0.2, 0.25) is 0 Å².